The van der Waals surface area contributed by atoms with Gasteiger partial charge < -0.3 is 10.7 Å². The van der Waals surface area contributed by atoms with Gasteiger partial charge in [-0.3, -0.25) is 4.79 Å². The predicted octanol–water partition coefficient (Wildman–Crippen LogP) is 0.546. The van der Waals surface area contributed by atoms with Gasteiger partial charge in [-0.05, 0) is 12.6 Å². The molecule has 1 rings (SSSR count). The van der Waals surface area contributed by atoms with Crippen LogP contribution >= 0.6 is 0 Å². The normalized spacial score (nSPS) is 9.70. The Hall–Kier alpha value is -1.09. The zero-order chi connectivity index (χ0) is 7.40. The molecular weight excluding hydrogens is 128 g/mol. The lowest BCUT2D eigenvalue weighted by Crippen LogP contribution is -2.06. The summed E-state index contributed by atoms with van der Waals surface area (Å²) in [5.74, 6) is 0.101. The highest BCUT2D eigenvalue weighted by Crippen LogP contribution is 1.99. The van der Waals surface area contributed by atoms with Crippen LogP contribution in [-0.4, -0.2) is 17.3 Å². The quantitative estimate of drug-likeness (QED) is 0.599. The lowest BCUT2D eigenvalue weighted by atomic mass is 10.2. The molecule has 3 heteroatoms. The van der Waals surface area contributed by atoms with Crippen LogP contribution in [0.15, 0.2) is 18.5 Å². The number of carbonyl (C=O) groups excluding carboxylic acids is 1. The Balaban J connectivity index is 2.59. The second-order valence-corrected chi connectivity index (χ2v) is 2.06. The number of hydrogen-bond acceptors (Lipinski definition) is 2. The predicted molar refractivity (Wildman–Crippen MR) is 38.8 cm³/mol. The minimum atomic E-state index is 0.101. The van der Waals surface area contributed by atoms with Crippen molar-refractivity contribution in [2.75, 3.05) is 6.54 Å². The second-order valence-electron chi connectivity index (χ2n) is 2.06. The monoisotopic (exact) mass is 138 g/mol. The molecule has 0 aromatic carbocycles. The Morgan fingerprint density at radius 3 is 3.00 bits per heavy atom. The van der Waals surface area contributed by atoms with Crippen LogP contribution < -0.4 is 5.73 Å². The van der Waals surface area contributed by atoms with Crippen LogP contribution in [0, 0.1) is 0 Å². The first-order chi connectivity index (χ1) is 4.84. The van der Waals surface area contributed by atoms with E-state index in [0.717, 1.165) is 0 Å². The molecule has 0 atom stereocenters. The van der Waals surface area contributed by atoms with Crippen LogP contribution in [0.4, 0.5) is 0 Å². The Kier molecular flexibility index (Phi) is 2.23. The number of Topliss-reactive ketones (excluding diaryl/α,β-unsaturated/α-hetero) is 1. The van der Waals surface area contributed by atoms with Gasteiger partial charge in [0.2, 0.25) is 0 Å². The van der Waals surface area contributed by atoms with Gasteiger partial charge in [-0.15, -0.1) is 0 Å². The van der Waals surface area contributed by atoms with Crippen molar-refractivity contribution in [1.82, 2.24) is 4.98 Å². The van der Waals surface area contributed by atoms with Crippen LogP contribution in [-0.2, 0) is 0 Å². The summed E-state index contributed by atoms with van der Waals surface area (Å²) in [6.45, 7) is 0.421. The molecule has 1 heterocycles. The molecule has 0 amide bonds. The van der Waals surface area contributed by atoms with Crippen LogP contribution in [0.25, 0.3) is 0 Å². The van der Waals surface area contributed by atoms with Crippen molar-refractivity contribution in [3.05, 3.63) is 24.0 Å². The topological polar surface area (TPSA) is 58.9 Å². The first-order valence-corrected chi connectivity index (χ1v) is 3.20. The summed E-state index contributed by atoms with van der Waals surface area (Å²) in [7, 11) is 0. The van der Waals surface area contributed by atoms with E-state index in [1.165, 1.54) is 0 Å². The summed E-state index contributed by atoms with van der Waals surface area (Å²) in [6, 6.07) is 1.75. The third-order valence-electron chi connectivity index (χ3n) is 1.29. The molecule has 0 fully saturated rings. The van der Waals surface area contributed by atoms with E-state index in [-0.39, 0.29) is 5.78 Å². The summed E-state index contributed by atoms with van der Waals surface area (Å²) in [4.78, 5) is 13.8. The number of rotatable bonds is 3. The van der Waals surface area contributed by atoms with E-state index in [2.05, 4.69) is 4.98 Å². The summed E-state index contributed by atoms with van der Waals surface area (Å²) in [5, 5.41) is 0. The molecule has 0 radical (unpaired) electrons. The lowest BCUT2D eigenvalue weighted by Gasteiger charge is -1.91. The molecule has 3 nitrogen and oxygen atoms in total. The van der Waals surface area contributed by atoms with Gasteiger partial charge in [0.15, 0.2) is 5.78 Å². The third-order valence-corrected chi connectivity index (χ3v) is 1.29. The maximum Gasteiger partial charge on any atom is 0.165 e. The number of aromatic nitrogens is 1. The van der Waals surface area contributed by atoms with Crippen LogP contribution in [0.2, 0.25) is 0 Å². The maximum atomic E-state index is 11.0. The molecule has 0 unspecified atom stereocenters. The average Bonchev–Trinajstić information content (AvgIpc) is 2.38. The highest BCUT2D eigenvalue weighted by atomic mass is 16.1. The summed E-state index contributed by atoms with van der Waals surface area (Å²) < 4.78 is 0. The van der Waals surface area contributed by atoms with E-state index in [4.69, 9.17) is 5.73 Å². The first-order valence-electron chi connectivity index (χ1n) is 3.20. The smallest absolute Gasteiger partial charge is 0.165 e. The van der Waals surface area contributed by atoms with Crippen LogP contribution in [0.1, 0.15) is 16.8 Å². The molecule has 0 aliphatic carbocycles. The molecule has 0 aliphatic heterocycles. The SMILES string of the molecule is NCCC(=O)c1cc[nH]c1. The van der Waals surface area contributed by atoms with E-state index >= 15 is 0 Å². The molecule has 0 aliphatic rings. The Labute approximate surface area is 59.2 Å². The van der Waals surface area contributed by atoms with E-state index in [0.29, 0.717) is 18.5 Å². The third kappa shape index (κ3) is 1.45. The van der Waals surface area contributed by atoms with E-state index in [9.17, 15) is 4.79 Å². The fourth-order valence-electron chi connectivity index (χ4n) is 0.773. The number of hydrogen-bond donors (Lipinski definition) is 2. The van der Waals surface area contributed by atoms with Crippen molar-refractivity contribution in [1.29, 1.82) is 0 Å². The van der Waals surface area contributed by atoms with Crippen molar-refractivity contribution in [3.63, 3.8) is 0 Å². The molecule has 0 saturated heterocycles. The summed E-state index contributed by atoms with van der Waals surface area (Å²) in [5.41, 5.74) is 5.92. The van der Waals surface area contributed by atoms with E-state index in [1.54, 1.807) is 18.5 Å². The molecule has 0 saturated carbocycles. The van der Waals surface area contributed by atoms with Crippen LogP contribution in [0.3, 0.4) is 0 Å². The van der Waals surface area contributed by atoms with Crippen molar-refractivity contribution in [2.24, 2.45) is 5.73 Å². The molecule has 54 valence electrons. The average molecular weight is 138 g/mol. The molecular formula is C7H10N2O. The zero-order valence-corrected chi connectivity index (χ0v) is 5.63. The molecule has 1 aromatic heterocycles. The molecule has 0 bridgehead atoms. The highest BCUT2D eigenvalue weighted by molar-refractivity contribution is 5.95. The Morgan fingerprint density at radius 2 is 2.50 bits per heavy atom. The van der Waals surface area contributed by atoms with Gasteiger partial charge in [-0.25, -0.2) is 0 Å². The van der Waals surface area contributed by atoms with Gasteiger partial charge in [0, 0.05) is 24.4 Å². The molecule has 3 N–H and O–H groups in total. The Morgan fingerprint density at radius 1 is 1.70 bits per heavy atom. The van der Waals surface area contributed by atoms with Crippen molar-refractivity contribution in [3.8, 4) is 0 Å². The number of nitrogens with two attached hydrogens (primary N) is 1. The largest absolute Gasteiger partial charge is 0.367 e. The number of nitrogens with one attached hydrogen (secondary N) is 1. The molecule has 0 spiro atoms. The molecule has 10 heavy (non-hydrogen) atoms. The highest BCUT2D eigenvalue weighted by Gasteiger charge is 2.02. The number of ketones is 1. The van der Waals surface area contributed by atoms with E-state index in [1.807, 2.05) is 0 Å². The molecule has 1 aromatic rings. The minimum Gasteiger partial charge on any atom is -0.367 e. The van der Waals surface area contributed by atoms with Gasteiger partial charge in [0.25, 0.3) is 0 Å². The maximum absolute atomic E-state index is 11.0. The fraction of sp³-hybridized carbons (Fsp3) is 0.286. The second kappa shape index (κ2) is 3.17. The van der Waals surface area contributed by atoms with Gasteiger partial charge in [-0.2, -0.15) is 0 Å². The van der Waals surface area contributed by atoms with E-state index < -0.39 is 0 Å². The Bertz CT molecular complexity index is 203. The standard InChI is InChI=1S/C7H10N2O/c8-3-1-7(10)6-2-4-9-5-6/h2,4-5,9H,1,3,8H2. The number of H-pyrrole nitrogens is 1. The minimum absolute atomic E-state index is 0.101. The van der Waals surface area contributed by atoms with Gasteiger partial charge in [-0.1, -0.05) is 0 Å². The zero-order valence-electron chi connectivity index (χ0n) is 5.63. The first kappa shape index (κ1) is 7.02. The number of aromatic amines is 1. The fourth-order valence-corrected chi connectivity index (χ4v) is 0.773. The van der Waals surface area contributed by atoms with Gasteiger partial charge in [0.1, 0.15) is 0 Å². The summed E-state index contributed by atoms with van der Waals surface area (Å²) >= 11 is 0. The van der Waals surface area contributed by atoms with Crippen molar-refractivity contribution >= 4 is 5.78 Å². The number of carbonyl (C=O) groups is 1. The van der Waals surface area contributed by atoms with Gasteiger partial charge >= 0.3 is 0 Å². The van der Waals surface area contributed by atoms with Crippen LogP contribution in [0.5, 0.6) is 0 Å². The van der Waals surface area contributed by atoms with Gasteiger partial charge in [0.05, 0.1) is 0 Å². The van der Waals surface area contributed by atoms with Crippen molar-refractivity contribution in [2.45, 2.75) is 6.42 Å². The lowest BCUT2D eigenvalue weighted by molar-refractivity contribution is 0.0985. The summed E-state index contributed by atoms with van der Waals surface area (Å²) in [6.07, 6.45) is 3.83. The van der Waals surface area contributed by atoms with Crippen molar-refractivity contribution < 1.29 is 4.79 Å².